The van der Waals surface area contributed by atoms with Gasteiger partial charge >= 0.3 is 17.9 Å². The van der Waals surface area contributed by atoms with Crippen molar-refractivity contribution in [3.8, 4) is 0 Å². The Kier molecular flexibility index (Phi) is 49.5. The maximum Gasteiger partial charge on any atom is 0.306 e. The van der Waals surface area contributed by atoms with E-state index in [4.69, 9.17) is 14.2 Å². The molecular weight excluding hydrogens is 805 g/mol. The lowest BCUT2D eigenvalue weighted by Gasteiger charge is -2.18. The summed E-state index contributed by atoms with van der Waals surface area (Å²) in [5.74, 6) is -0.967. The first-order valence-electron chi connectivity index (χ1n) is 26.4. The highest BCUT2D eigenvalue weighted by molar-refractivity contribution is 5.71. The van der Waals surface area contributed by atoms with Gasteiger partial charge in [-0.05, 0) is 103 Å². The number of hydrogen-bond acceptors (Lipinski definition) is 6. The van der Waals surface area contributed by atoms with Crippen molar-refractivity contribution in [2.24, 2.45) is 0 Å². The van der Waals surface area contributed by atoms with E-state index in [1.54, 1.807) is 0 Å². The second kappa shape index (κ2) is 52.7. The van der Waals surface area contributed by atoms with Crippen molar-refractivity contribution in [3.05, 3.63) is 109 Å². The van der Waals surface area contributed by atoms with Gasteiger partial charge in [0.05, 0.1) is 0 Å². The summed E-state index contributed by atoms with van der Waals surface area (Å²) in [6.07, 6.45) is 70.7. The lowest BCUT2D eigenvalue weighted by atomic mass is 10.1. The molecule has 0 radical (unpaired) electrons. The molecule has 65 heavy (non-hydrogen) atoms. The molecule has 0 rings (SSSR count). The fourth-order valence-corrected chi connectivity index (χ4v) is 6.87. The van der Waals surface area contributed by atoms with E-state index < -0.39 is 6.10 Å². The number of unbranched alkanes of at least 4 members (excludes halogenated alkanes) is 17. The molecule has 0 saturated heterocycles. The third kappa shape index (κ3) is 50.9. The van der Waals surface area contributed by atoms with Crippen molar-refractivity contribution in [1.29, 1.82) is 0 Å². The zero-order valence-electron chi connectivity index (χ0n) is 42.0. The zero-order valence-corrected chi connectivity index (χ0v) is 42.0. The quantitative estimate of drug-likeness (QED) is 0.0262. The van der Waals surface area contributed by atoms with Crippen LogP contribution in [0.4, 0.5) is 0 Å². The normalized spacial score (nSPS) is 13.0. The summed E-state index contributed by atoms with van der Waals surface area (Å²) in [6, 6.07) is 0. The highest BCUT2D eigenvalue weighted by atomic mass is 16.6. The van der Waals surface area contributed by atoms with E-state index in [2.05, 4.69) is 130 Å². The van der Waals surface area contributed by atoms with Crippen molar-refractivity contribution in [3.63, 3.8) is 0 Å². The lowest BCUT2D eigenvalue weighted by molar-refractivity contribution is -0.167. The molecule has 0 amide bonds. The number of hydrogen-bond donors (Lipinski definition) is 0. The molecule has 0 aromatic carbocycles. The fourth-order valence-electron chi connectivity index (χ4n) is 6.87. The Bertz CT molecular complexity index is 1360. The van der Waals surface area contributed by atoms with E-state index >= 15 is 0 Å². The predicted octanol–water partition coefficient (Wildman–Crippen LogP) is 17.5. The smallest absolute Gasteiger partial charge is 0.306 e. The number of carbonyl (C=O) groups excluding carboxylic acids is 3. The molecule has 1 unspecified atom stereocenters. The van der Waals surface area contributed by atoms with Crippen molar-refractivity contribution in [1.82, 2.24) is 0 Å². The average molecular weight is 901 g/mol. The third-order valence-electron chi connectivity index (χ3n) is 10.8. The molecule has 0 aromatic rings. The standard InChI is InChI=1S/C59H96O6/c1-4-7-10-13-16-19-22-24-26-27-28-29-30-31-33-34-37-40-43-46-49-52-58(61)64-55-56(54-63-57(60)51-48-45-42-39-36-21-18-15-12-9-6-3)65-59(62)53-50-47-44-41-38-35-32-25-23-20-17-14-11-8-5-2/h7-8,10-11,16-17,19-20,24-26,28-29,31-33,37,40,56H,4-6,9,12-15,18,21-23,27,30,34-36,38-39,41-55H2,1-3H3/b10-7-,11-8-,19-16-,20-17-,26-24-,29-28-,32-25-,33-31-,40-37-. The highest BCUT2D eigenvalue weighted by Gasteiger charge is 2.19. The molecule has 0 aromatic heterocycles. The predicted molar refractivity (Wildman–Crippen MR) is 279 cm³/mol. The van der Waals surface area contributed by atoms with Gasteiger partial charge in [-0.25, -0.2) is 0 Å². The lowest BCUT2D eigenvalue weighted by Crippen LogP contribution is -2.30. The minimum atomic E-state index is -0.805. The van der Waals surface area contributed by atoms with Crippen LogP contribution in [0, 0.1) is 0 Å². The molecule has 6 heteroatoms. The second-order valence-electron chi connectivity index (χ2n) is 17.0. The van der Waals surface area contributed by atoms with Gasteiger partial charge in [-0.3, -0.25) is 14.4 Å². The molecular formula is C59H96O6. The summed E-state index contributed by atoms with van der Waals surface area (Å²) in [5.41, 5.74) is 0. The van der Waals surface area contributed by atoms with E-state index in [-0.39, 0.29) is 31.1 Å². The maximum atomic E-state index is 12.8. The molecule has 0 heterocycles. The molecule has 0 aliphatic rings. The van der Waals surface area contributed by atoms with E-state index in [1.165, 1.54) is 51.4 Å². The summed E-state index contributed by atoms with van der Waals surface area (Å²) < 4.78 is 16.7. The average Bonchev–Trinajstić information content (AvgIpc) is 3.30. The van der Waals surface area contributed by atoms with Gasteiger partial charge in [-0.2, -0.15) is 0 Å². The topological polar surface area (TPSA) is 78.9 Å². The van der Waals surface area contributed by atoms with Crippen LogP contribution in [0.2, 0.25) is 0 Å². The van der Waals surface area contributed by atoms with Crippen LogP contribution in [0.3, 0.4) is 0 Å². The summed E-state index contributed by atoms with van der Waals surface area (Å²) in [7, 11) is 0. The molecule has 1 atom stereocenters. The molecule has 0 saturated carbocycles. The first kappa shape index (κ1) is 61.1. The number of carbonyl (C=O) groups is 3. The third-order valence-corrected chi connectivity index (χ3v) is 10.8. The van der Waals surface area contributed by atoms with Crippen LogP contribution in [0.15, 0.2) is 109 Å². The van der Waals surface area contributed by atoms with Crippen molar-refractivity contribution in [2.45, 2.75) is 232 Å². The van der Waals surface area contributed by atoms with Crippen molar-refractivity contribution in [2.75, 3.05) is 13.2 Å². The molecule has 0 bridgehead atoms. The Morgan fingerprint density at radius 3 is 0.969 bits per heavy atom. The van der Waals surface area contributed by atoms with Crippen LogP contribution in [0.5, 0.6) is 0 Å². The summed E-state index contributed by atoms with van der Waals surface area (Å²) in [6.45, 7) is 6.34. The molecule has 0 aliphatic heterocycles. The highest BCUT2D eigenvalue weighted by Crippen LogP contribution is 2.14. The number of allylic oxidation sites excluding steroid dienone is 18. The largest absolute Gasteiger partial charge is 0.462 e. The van der Waals surface area contributed by atoms with E-state index in [0.717, 1.165) is 128 Å². The van der Waals surface area contributed by atoms with E-state index in [9.17, 15) is 14.4 Å². The van der Waals surface area contributed by atoms with Gasteiger partial charge in [0, 0.05) is 19.3 Å². The maximum absolute atomic E-state index is 12.8. The van der Waals surface area contributed by atoms with Gasteiger partial charge in [0.2, 0.25) is 0 Å². The fraction of sp³-hybridized carbons (Fsp3) is 0.644. The Labute approximate surface area is 400 Å². The first-order valence-corrected chi connectivity index (χ1v) is 26.4. The number of rotatable bonds is 46. The minimum absolute atomic E-state index is 0.0994. The zero-order chi connectivity index (χ0) is 47.2. The van der Waals surface area contributed by atoms with Crippen molar-refractivity contribution >= 4 is 17.9 Å². The first-order chi connectivity index (χ1) is 32.0. The minimum Gasteiger partial charge on any atom is -0.462 e. The summed E-state index contributed by atoms with van der Waals surface area (Å²) >= 11 is 0. The summed E-state index contributed by atoms with van der Waals surface area (Å²) in [5, 5.41) is 0. The molecule has 0 aliphatic carbocycles. The van der Waals surface area contributed by atoms with Crippen LogP contribution in [0.1, 0.15) is 226 Å². The van der Waals surface area contributed by atoms with Gasteiger partial charge in [0.1, 0.15) is 13.2 Å². The van der Waals surface area contributed by atoms with Gasteiger partial charge in [0.25, 0.3) is 0 Å². The van der Waals surface area contributed by atoms with Gasteiger partial charge in [-0.1, -0.05) is 214 Å². The Morgan fingerprint density at radius 1 is 0.323 bits per heavy atom. The van der Waals surface area contributed by atoms with E-state index in [0.29, 0.717) is 25.7 Å². The van der Waals surface area contributed by atoms with Crippen LogP contribution in [0.25, 0.3) is 0 Å². The van der Waals surface area contributed by atoms with Gasteiger partial charge < -0.3 is 14.2 Å². The molecule has 0 fully saturated rings. The van der Waals surface area contributed by atoms with E-state index in [1.807, 2.05) is 0 Å². The van der Waals surface area contributed by atoms with Crippen LogP contribution in [-0.2, 0) is 28.6 Å². The van der Waals surface area contributed by atoms with Crippen LogP contribution in [-0.4, -0.2) is 37.2 Å². The Balaban J connectivity index is 4.47. The number of esters is 3. The second-order valence-corrected chi connectivity index (χ2v) is 17.0. The summed E-state index contributed by atoms with van der Waals surface area (Å²) in [4.78, 5) is 38.0. The molecule has 0 spiro atoms. The monoisotopic (exact) mass is 901 g/mol. The van der Waals surface area contributed by atoms with Gasteiger partial charge in [-0.15, -0.1) is 0 Å². The molecule has 0 N–H and O–H groups in total. The van der Waals surface area contributed by atoms with Crippen LogP contribution < -0.4 is 0 Å². The Hall–Kier alpha value is -3.93. The number of ether oxygens (including phenoxy) is 3. The molecule has 368 valence electrons. The Morgan fingerprint density at radius 2 is 0.600 bits per heavy atom. The molecule has 6 nitrogen and oxygen atoms in total. The van der Waals surface area contributed by atoms with Crippen LogP contribution >= 0.6 is 0 Å². The van der Waals surface area contributed by atoms with Crippen molar-refractivity contribution < 1.29 is 28.6 Å². The van der Waals surface area contributed by atoms with Gasteiger partial charge in [0.15, 0.2) is 6.10 Å². The SMILES string of the molecule is CC/C=C\C/C=C\C/C=C\C/C=C\C/C=C\C/C=C\CCCCC(=O)OCC(COC(=O)CCCCCCCCCCCCC)OC(=O)CCCCCCC/C=C\C/C=C\C/C=C\CC.